The Balaban J connectivity index is 1.89. The summed E-state index contributed by atoms with van der Waals surface area (Å²) in [6.45, 7) is 3.56. The van der Waals surface area contributed by atoms with Gasteiger partial charge in [0.25, 0.3) is 0 Å². The van der Waals surface area contributed by atoms with Gasteiger partial charge in [-0.15, -0.1) is 10.2 Å². The Morgan fingerprint density at radius 1 is 1.42 bits per heavy atom. The topological polar surface area (TPSA) is 75.7 Å². The molecule has 6 heteroatoms. The molecule has 1 fully saturated rings. The van der Waals surface area contributed by atoms with E-state index in [0.717, 1.165) is 24.4 Å². The summed E-state index contributed by atoms with van der Waals surface area (Å²) in [5.41, 5.74) is 0.848. The maximum Gasteiger partial charge on any atom is 0.224 e. The van der Waals surface area contributed by atoms with Crippen LogP contribution in [0.4, 0.5) is 0 Å². The van der Waals surface area contributed by atoms with E-state index in [9.17, 15) is 0 Å². The van der Waals surface area contributed by atoms with E-state index in [1.165, 1.54) is 6.42 Å². The van der Waals surface area contributed by atoms with Crippen molar-refractivity contribution in [3.05, 3.63) is 24.2 Å². The largest absolute Gasteiger partial charge is 0.477 e. The van der Waals surface area contributed by atoms with Crippen LogP contribution in [0.25, 0.3) is 11.4 Å². The average Bonchev–Trinajstić information content (AvgIpc) is 3.11. The van der Waals surface area contributed by atoms with Crippen molar-refractivity contribution in [2.45, 2.75) is 25.8 Å². The van der Waals surface area contributed by atoms with Crippen molar-refractivity contribution >= 4 is 0 Å². The highest BCUT2D eigenvalue weighted by atomic mass is 16.5. The van der Waals surface area contributed by atoms with Crippen LogP contribution in [0, 0.1) is 0 Å². The molecular formula is C13H17N5O. The van der Waals surface area contributed by atoms with Crippen LogP contribution in [0.2, 0.25) is 0 Å². The third-order valence-electron chi connectivity index (χ3n) is 3.20. The third kappa shape index (κ3) is 2.44. The molecule has 2 aromatic heterocycles. The number of ether oxygens (including phenoxy) is 1. The summed E-state index contributed by atoms with van der Waals surface area (Å²) in [4.78, 5) is 7.49. The summed E-state index contributed by atoms with van der Waals surface area (Å²) in [7, 11) is 0. The first-order chi connectivity index (χ1) is 9.38. The predicted octanol–water partition coefficient (Wildman–Crippen LogP) is 1.69. The van der Waals surface area contributed by atoms with Gasteiger partial charge in [-0.1, -0.05) is 0 Å². The van der Waals surface area contributed by atoms with Crippen LogP contribution in [-0.2, 0) is 0 Å². The molecule has 1 aliphatic rings. The quantitative estimate of drug-likeness (QED) is 0.873. The third-order valence-corrected chi connectivity index (χ3v) is 3.20. The second-order valence-corrected chi connectivity index (χ2v) is 4.50. The first kappa shape index (κ1) is 12.1. The first-order valence-corrected chi connectivity index (χ1v) is 6.62. The molecule has 0 amide bonds. The van der Waals surface area contributed by atoms with E-state index in [0.29, 0.717) is 18.3 Å². The predicted molar refractivity (Wildman–Crippen MR) is 70.8 cm³/mol. The SMILES string of the molecule is CCOc1ncccc1-c1nnc([C@@H]2CCCN2)[nH]1. The molecule has 0 bridgehead atoms. The van der Waals surface area contributed by atoms with Crippen LogP contribution >= 0.6 is 0 Å². The molecule has 1 atom stereocenters. The number of nitrogens with zero attached hydrogens (tertiary/aromatic N) is 3. The zero-order valence-electron chi connectivity index (χ0n) is 10.9. The van der Waals surface area contributed by atoms with Gasteiger partial charge in [-0.05, 0) is 38.4 Å². The summed E-state index contributed by atoms with van der Waals surface area (Å²) < 4.78 is 5.51. The standard InChI is InChI=1S/C13H17N5O/c1-2-19-13-9(5-3-8-15-13)11-16-12(18-17-11)10-6-4-7-14-10/h3,5,8,10,14H,2,4,6-7H2,1H3,(H,16,17,18)/t10-/m0/s1. The minimum absolute atomic E-state index is 0.286. The van der Waals surface area contributed by atoms with Crippen molar-refractivity contribution in [2.75, 3.05) is 13.2 Å². The Bertz CT molecular complexity index is 547. The molecule has 0 aromatic carbocycles. The lowest BCUT2D eigenvalue weighted by atomic mass is 10.2. The van der Waals surface area contributed by atoms with Gasteiger partial charge in [0.05, 0.1) is 18.2 Å². The lowest BCUT2D eigenvalue weighted by Crippen LogP contribution is -2.14. The Morgan fingerprint density at radius 3 is 3.16 bits per heavy atom. The number of aromatic nitrogens is 4. The van der Waals surface area contributed by atoms with Crippen LogP contribution in [0.15, 0.2) is 18.3 Å². The Labute approximate surface area is 111 Å². The van der Waals surface area contributed by atoms with Gasteiger partial charge in [-0.2, -0.15) is 0 Å². The second-order valence-electron chi connectivity index (χ2n) is 4.50. The van der Waals surface area contributed by atoms with Crippen molar-refractivity contribution in [2.24, 2.45) is 0 Å². The lowest BCUT2D eigenvalue weighted by Gasteiger charge is -2.06. The van der Waals surface area contributed by atoms with Crippen LogP contribution in [0.3, 0.4) is 0 Å². The van der Waals surface area contributed by atoms with Crippen LogP contribution in [0.1, 0.15) is 31.6 Å². The molecule has 0 saturated carbocycles. The van der Waals surface area contributed by atoms with Crippen molar-refractivity contribution in [3.63, 3.8) is 0 Å². The molecule has 2 N–H and O–H groups in total. The Hall–Kier alpha value is -1.95. The zero-order chi connectivity index (χ0) is 13.1. The molecule has 1 saturated heterocycles. The molecule has 2 aromatic rings. The van der Waals surface area contributed by atoms with Gasteiger partial charge >= 0.3 is 0 Å². The second kappa shape index (κ2) is 5.36. The van der Waals surface area contributed by atoms with Gasteiger partial charge in [0, 0.05) is 6.20 Å². The monoisotopic (exact) mass is 259 g/mol. The van der Waals surface area contributed by atoms with E-state index in [4.69, 9.17) is 4.74 Å². The minimum Gasteiger partial charge on any atom is -0.477 e. The van der Waals surface area contributed by atoms with Crippen molar-refractivity contribution in [1.82, 2.24) is 25.5 Å². The molecule has 0 radical (unpaired) electrons. The minimum atomic E-state index is 0.286. The van der Waals surface area contributed by atoms with Crippen LogP contribution < -0.4 is 10.1 Å². The van der Waals surface area contributed by atoms with Crippen LogP contribution in [0.5, 0.6) is 5.88 Å². The number of hydrogen-bond donors (Lipinski definition) is 2. The van der Waals surface area contributed by atoms with E-state index >= 15 is 0 Å². The Morgan fingerprint density at radius 2 is 2.37 bits per heavy atom. The smallest absolute Gasteiger partial charge is 0.224 e. The highest BCUT2D eigenvalue weighted by molar-refractivity contribution is 5.60. The van der Waals surface area contributed by atoms with E-state index in [-0.39, 0.29) is 6.04 Å². The van der Waals surface area contributed by atoms with Crippen molar-refractivity contribution < 1.29 is 4.74 Å². The summed E-state index contributed by atoms with van der Waals surface area (Å²) in [5.74, 6) is 2.19. The number of H-pyrrole nitrogens is 1. The van der Waals surface area contributed by atoms with Gasteiger partial charge in [0.15, 0.2) is 5.82 Å². The number of aromatic amines is 1. The Kier molecular flexibility index (Phi) is 3.41. The van der Waals surface area contributed by atoms with Gasteiger partial charge in [-0.25, -0.2) is 4.98 Å². The summed E-state index contributed by atoms with van der Waals surface area (Å²) in [5, 5.41) is 11.8. The van der Waals surface area contributed by atoms with Gasteiger partial charge in [0.2, 0.25) is 5.88 Å². The number of hydrogen-bond acceptors (Lipinski definition) is 5. The van der Waals surface area contributed by atoms with E-state index in [2.05, 4.69) is 25.5 Å². The number of nitrogens with one attached hydrogen (secondary N) is 2. The van der Waals surface area contributed by atoms with Gasteiger partial charge < -0.3 is 15.0 Å². The zero-order valence-corrected chi connectivity index (χ0v) is 10.9. The molecule has 0 unspecified atom stereocenters. The number of rotatable bonds is 4. The molecule has 0 spiro atoms. The molecule has 19 heavy (non-hydrogen) atoms. The highest BCUT2D eigenvalue weighted by Crippen LogP contribution is 2.27. The maximum absolute atomic E-state index is 5.51. The van der Waals surface area contributed by atoms with Gasteiger partial charge in [0.1, 0.15) is 5.82 Å². The fourth-order valence-electron chi connectivity index (χ4n) is 2.29. The van der Waals surface area contributed by atoms with E-state index < -0.39 is 0 Å². The van der Waals surface area contributed by atoms with E-state index in [1.807, 2.05) is 19.1 Å². The fraction of sp³-hybridized carbons (Fsp3) is 0.462. The average molecular weight is 259 g/mol. The molecule has 0 aliphatic carbocycles. The molecule has 6 nitrogen and oxygen atoms in total. The molecule has 3 heterocycles. The molecule has 100 valence electrons. The molecule has 1 aliphatic heterocycles. The maximum atomic E-state index is 5.51. The van der Waals surface area contributed by atoms with Crippen molar-refractivity contribution in [1.29, 1.82) is 0 Å². The van der Waals surface area contributed by atoms with Gasteiger partial charge in [-0.3, -0.25) is 0 Å². The molecular weight excluding hydrogens is 242 g/mol. The lowest BCUT2D eigenvalue weighted by molar-refractivity contribution is 0.328. The van der Waals surface area contributed by atoms with Crippen molar-refractivity contribution in [3.8, 4) is 17.3 Å². The van der Waals surface area contributed by atoms with Crippen LogP contribution in [-0.4, -0.2) is 33.3 Å². The first-order valence-electron chi connectivity index (χ1n) is 6.62. The summed E-state index contributed by atoms with van der Waals surface area (Å²) in [6, 6.07) is 4.09. The fourth-order valence-corrected chi connectivity index (χ4v) is 2.29. The summed E-state index contributed by atoms with van der Waals surface area (Å²) >= 11 is 0. The normalized spacial score (nSPS) is 18.7. The highest BCUT2D eigenvalue weighted by Gasteiger charge is 2.21. The molecule has 3 rings (SSSR count). The number of pyridine rings is 1. The van der Waals surface area contributed by atoms with E-state index in [1.54, 1.807) is 6.20 Å². The summed E-state index contributed by atoms with van der Waals surface area (Å²) in [6.07, 6.45) is 3.99.